The Morgan fingerprint density at radius 2 is 2.00 bits per heavy atom. The van der Waals surface area contributed by atoms with Crippen LogP contribution in [0.5, 0.6) is 0 Å². The molecule has 2 aliphatic heterocycles. The smallest absolute Gasteiger partial charge is 0.254 e. The highest BCUT2D eigenvalue weighted by atomic mass is 16.5. The Hall–Kier alpha value is -0.610. The lowest BCUT2D eigenvalue weighted by atomic mass is 9.94. The van der Waals surface area contributed by atoms with Gasteiger partial charge in [0.25, 0.3) is 5.91 Å². The molecule has 0 bridgehead atoms. The SMILES string of the molecule is CN(CCN1CCCC1)C(=O)C1(C)CCCCO1. The largest absolute Gasteiger partial charge is 0.365 e. The first kappa shape index (κ1) is 13.8. The van der Waals surface area contributed by atoms with E-state index in [2.05, 4.69) is 4.90 Å². The summed E-state index contributed by atoms with van der Waals surface area (Å²) in [6, 6.07) is 0. The summed E-state index contributed by atoms with van der Waals surface area (Å²) in [5.74, 6) is 0.154. The molecule has 2 saturated heterocycles. The number of carbonyl (C=O) groups excluding carboxylic acids is 1. The van der Waals surface area contributed by atoms with E-state index in [1.165, 1.54) is 25.9 Å². The summed E-state index contributed by atoms with van der Waals surface area (Å²) in [5, 5.41) is 0. The third kappa shape index (κ3) is 3.23. The first-order chi connectivity index (χ1) is 8.62. The van der Waals surface area contributed by atoms with Crippen LogP contribution in [0.3, 0.4) is 0 Å². The number of likely N-dealkylation sites (N-methyl/N-ethyl adjacent to an activating group) is 1. The second-order valence-corrected chi connectivity index (χ2v) is 5.81. The average Bonchev–Trinajstić information content (AvgIpc) is 2.89. The standard InChI is InChI=1S/C14H26N2O2/c1-14(7-3-6-12-18-14)13(17)15(2)10-11-16-8-4-5-9-16/h3-12H2,1-2H3. The van der Waals surface area contributed by atoms with Crippen LogP contribution in [-0.2, 0) is 9.53 Å². The fourth-order valence-electron chi connectivity index (χ4n) is 2.91. The molecule has 0 spiro atoms. The molecule has 104 valence electrons. The van der Waals surface area contributed by atoms with Crippen LogP contribution in [0.15, 0.2) is 0 Å². The third-order valence-electron chi connectivity index (χ3n) is 4.22. The molecule has 18 heavy (non-hydrogen) atoms. The Morgan fingerprint density at radius 1 is 1.28 bits per heavy atom. The van der Waals surface area contributed by atoms with E-state index in [4.69, 9.17) is 4.74 Å². The molecule has 4 nitrogen and oxygen atoms in total. The molecule has 0 aromatic heterocycles. The second kappa shape index (κ2) is 6.02. The predicted molar refractivity (Wildman–Crippen MR) is 71.5 cm³/mol. The molecule has 0 saturated carbocycles. The maximum atomic E-state index is 12.4. The lowest BCUT2D eigenvalue weighted by molar-refractivity contribution is -0.160. The monoisotopic (exact) mass is 254 g/mol. The van der Waals surface area contributed by atoms with Gasteiger partial charge in [-0.2, -0.15) is 0 Å². The van der Waals surface area contributed by atoms with Crippen LogP contribution < -0.4 is 0 Å². The lowest BCUT2D eigenvalue weighted by Crippen LogP contribution is -2.50. The third-order valence-corrected chi connectivity index (χ3v) is 4.22. The van der Waals surface area contributed by atoms with Gasteiger partial charge in [0.1, 0.15) is 5.60 Å². The summed E-state index contributed by atoms with van der Waals surface area (Å²) in [6.45, 7) is 6.87. The summed E-state index contributed by atoms with van der Waals surface area (Å²) in [5.41, 5.74) is -0.571. The number of hydrogen-bond donors (Lipinski definition) is 0. The zero-order chi connectivity index (χ0) is 13.0. The van der Waals surface area contributed by atoms with Crippen LogP contribution >= 0.6 is 0 Å². The van der Waals surface area contributed by atoms with Gasteiger partial charge in [-0.15, -0.1) is 0 Å². The first-order valence-corrected chi connectivity index (χ1v) is 7.24. The van der Waals surface area contributed by atoms with Crippen LogP contribution in [0.1, 0.15) is 39.0 Å². The topological polar surface area (TPSA) is 32.8 Å². The second-order valence-electron chi connectivity index (χ2n) is 5.81. The van der Waals surface area contributed by atoms with Crippen LogP contribution in [0.25, 0.3) is 0 Å². The summed E-state index contributed by atoms with van der Waals surface area (Å²) in [7, 11) is 1.90. The molecule has 4 heteroatoms. The Morgan fingerprint density at radius 3 is 2.61 bits per heavy atom. The zero-order valence-electron chi connectivity index (χ0n) is 11.8. The molecule has 1 atom stereocenters. The van der Waals surface area contributed by atoms with Crippen LogP contribution in [-0.4, -0.2) is 61.1 Å². The number of carbonyl (C=O) groups is 1. The van der Waals surface area contributed by atoms with E-state index in [-0.39, 0.29) is 5.91 Å². The summed E-state index contributed by atoms with van der Waals surface area (Å²) < 4.78 is 5.72. The van der Waals surface area contributed by atoms with Gasteiger partial charge in [-0.3, -0.25) is 4.79 Å². The molecule has 2 heterocycles. The lowest BCUT2D eigenvalue weighted by Gasteiger charge is -2.36. The highest BCUT2D eigenvalue weighted by molar-refractivity contribution is 5.84. The van der Waals surface area contributed by atoms with Crippen LogP contribution in [0.4, 0.5) is 0 Å². The Kier molecular flexibility index (Phi) is 4.62. The molecule has 0 aromatic rings. The van der Waals surface area contributed by atoms with E-state index >= 15 is 0 Å². The zero-order valence-corrected chi connectivity index (χ0v) is 11.8. The van der Waals surface area contributed by atoms with Crippen molar-refractivity contribution in [2.75, 3.05) is 39.8 Å². The minimum Gasteiger partial charge on any atom is -0.365 e. The van der Waals surface area contributed by atoms with E-state index in [9.17, 15) is 4.79 Å². The number of amides is 1. The predicted octanol–water partition coefficient (Wildman–Crippen LogP) is 1.50. The van der Waals surface area contributed by atoms with Crippen molar-refractivity contribution in [2.24, 2.45) is 0 Å². The van der Waals surface area contributed by atoms with Crippen molar-refractivity contribution in [3.05, 3.63) is 0 Å². The van der Waals surface area contributed by atoms with Gasteiger partial charge in [0.05, 0.1) is 0 Å². The minimum atomic E-state index is -0.571. The normalized spacial score (nSPS) is 29.4. The van der Waals surface area contributed by atoms with Gasteiger partial charge in [-0.1, -0.05) is 0 Å². The summed E-state index contributed by atoms with van der Waals surface area (Å²) >= 11 is 0. The van der Waals surface area contributed by atoms with Crippen molar-refractivity contribution >= 4 is 5.91 Å². The number of hydrogen-bond acceptors (Lipinski definition) is 3. The molecule has 0 radical (unpaired) electrons. The van der Waals surface area contributed by atoms with Gasteiger partial charge < -0.3 is 14.5 Å². The van der Waals surface area contributed by atoms with Crippen LogP contribution in [0.2, 0.25) is 0 Å². The highest BCUT2D eigenvalue weighted by Gasteiger charge is 2.37. The van der Waals surface area contributed by atoms with Gasteiger partial charge in [-0.05, 0) is 52.1 Å². The molecule has 2 rings (SSSR count). The molecule has 1 unspecified atom stereocenters. The molecule has 0 aliphatic carbocycles. The number of likely N-dealkylation sites (tertiary alicyclic amines) is 1. The molecular formula is C14H26N2O2. The molecule has 0 N–H and O–H groups in total. The van der Waals surface area contributed by atoms with E-state index in [1.54, 1.807) is 0 Å². The minimum absolute atomic E-state index is 0.154. The van der Waals surface area contributed by atoms with Crippen molar-refractivity contribution in [3.8, 4) is 0 Å². The average molecular weight is 254 g/mol. The van der Waals surface area contributed by atoms with Gasteiger partial charge in [0.15, 0.2) is 0 Å². The van der Waals surface area contributed by atoms with Gasteiger partial charge in [0, 0.05) is 26.7 Å². The first-order valence-electron chi connectivity index (χ1n) is 7.24. The van der Waals surface area contributed by atoms with Gasteiger partial charge >= 0.3 is 0 Å². The number of nitrogens with zero attached hydrogens (tertiary/aromatic N) is 2. The van der Waals surface area contributed by atoms with E-state index in [0.717, 1.165) is 39.0 Å². The van der Waals surface area contributed by atoms with Gasteiger partial charge in [0.2, 0.25) is 0 Å². The van der Waals surface area contributed by atoms with Crippen molar-refractivity contribution in [1.29, 1.82) is 0 Å². The van der Waals surface area contributed by atoms with Gasteiger partial charge in [-0.25, -0.2) is 0 Å². The molecular weight excluding hydrogens is 228 g/mol. The van der Waals surface area contributed by atoms with E-state index < -0.39 is 5.60 Å². The number of rotatable bonds is 4. The van der Waals surface area contributed by atoms with Crippen molar-refractivity contribution in [1.82, 2.24) is 9.80 Å². The Labute approximate surface area is 110 Å². The molecule has 2 aliphatic rings. The fraction of sp³-hybridized carbons (Fsp3) is 0.929. The maximum absolute atomic E-state index is 12.4. The van der Waals surface area contributed by atoms with Crippen molar-refractivity contribution < 1.29 is 9.53 Å². The van der Waals surface area contributed by atoms with Crippen molar-refractivity contribution in [2.45, 2.75) is 44.6 Å². The quantitative estimate of drug-likeness (QED) is 0.762. The summed E-state index contributed by atoms with van der Waals surface area (Å²) in [6.07, 6.45) is 5.65. The molecule has 1 amide bonds. The highest BCUT2D eigenvalue weighted by Crippen LogP contribution is 2.26. The van der Waals surface area contributed by atoms with Crippen LogP contribution in [0, 0.1) is 0 Å². The van der Waals surface area contributed by atoms with E-state index in [1.807, 2.05) is 18.9 Å². The maximum Gasteiger partial charge on any atom is 0.254 e. The Balaban J connectivity index is 1.79. The van der Waals surface area contributed by atoms with E-state index in [0.29, 0.717) is 0 Å². The molecule has 2 fully saturated rings. The van der Waals surface area contributed by atoms with Crippen molar-refractivity contribution in [3.63, 3.8) is 0 Å². The molecule has 0 aromatic carbocycles. The number of ether oxygens (including phenoxy) is 1. The summed E-state index contributed by atoms with van der Waals surface area (Å²) in [4.78, 5) is 16.7. The Bertz CT molecular complexity index is 282. The fourth-order valence-corrected chi connectivity index (χ4v) is 2.91.